The Hall–Kier alpha value is -4.69. The molecule has 4 aromatic rings. The lowest BCUT2D eigenvalue weighted by molar-refractivity contribution is -0.121. The van der Waals surface area contributed by atoms with Gasteiger partial charge in [-0.1, -0.05) is 47.1 Å². The fraction of sp³-hybridized carbons (Fsp3) is 0.125. The van der Waals surface area contributed by atoms with Gasteiger partial charge >= 0.3 is 5.97 Å². The third-order valence-corrected chi connectivity index (χ3v) is 8.59. The molecule has 0 N–H and O–H groups in total. The van der Waals surface area contributed by atoms with Crippen molar-refractivity contribution in [3.63, 3.8) is 0 Å². The number of thioether (sulfide) groups is 1. The monoisotopic (exact) mass is 645 g/mol. The van der Waals surface area contributed by atoms with E-state index in [4.69, 9.17) is 32.7 Å². The molecule has 0 aliphatic carbocycles. The largest absolute Gasteiger partial charge is 0.496 e. The zero-order chi connectivity index (χ0) is 31.4. The number of benzene rings is 3. The molecule has 1 aromatic heterocycles. The Kier molecular flexibility index (Phi) is 9.30. The molecule has 0 spiro atoms. The minimum atomic E-state index is -0.813. The Bertz CT molecular complexity index is 1840. The van der Waals surface area contributed by atoms with Gasteiger partial charge in [-0.3, -0.25) is 14.4 Å². The number of ketones is 1. The number of aromatic nitrogens is 1. The molecule has 1 saturated heterocycles. The molecule has 2 amide bonds. The van der Waals surface area contributed by atoms with Crippen molar-refractivity contribution in [1.29, 1.82) is 5.26 Å². The Balaban J connectivity index is 1.27. The smallest absolute Gasteiger partial charge is 0.338 e. The van der Waals surface area contributed by atoms with Gasteiger partial charge in [-0.05, 0) is 66.7 Å². The first-order chi connectivity index (χ1) is 21.2. The van der Waals surface area contributed by atoms with Crippen LogP contribution in [0.1, 0.15) is 32.7 Å². The van der Waals surface area contributed by atoms with E-state index >= 15 is 0 Å². The van der Waals surface area contributed by atoms with Crippen LogP contribution in [0.2, 0.25) is 10.0 Å². The highest BCUT2D eigenvalue weighted by Gasteiger charge is 2.41. The van der Waals surface area contributed by atoms with Crippen molar-refractivity contribution < 1.29 is 28.7 Å². The first-order valence-corrected chi connectivity index (χ1v) is 14.7. The molecule has 0 saturated carbocycles. The number of para-hydroxylation sites is 1. The molecule has 44 heavy (non-hydrogen) atoms. The molecular weight excluding hydrogens is 625 g/mol. The van der Waals surface area contributed by atoms with Gasteiger partial charge in [0.05, 0.1) is 44.9 Å². The Morgan fingerprint density at radius 2 is 1.73 bits per heavy atom. The van der Waals surface area contributed by atoms with Crippen molar-refractivity contribution in [1.82, 2.24) is 4.98 Å². The zero-order valence-corrected chi connectivity index (χ0v) is 25.3. The van der Waals surface area contributed by atoms with Gasteiger partial charge in [0.2, 0.25) is 11.8 Å². The maximum atomic E-state index is 13.4. The summed E-state index contributed by atoms with van der Waals surface area (Å²) in [5.74, 6) is -1.54. The highest BCUT2D eigenvalue weighted by atomic mass is 35.5. The predicted octanol–water partition coefficient (Wildman–Crippen LogP) is 6.40. The average molecular weight is 647 g/mol. The Morgan fingerprint density at radius 1 is 1.00 bits per heavy atom. The number of anilines is 1. The molecule has 9 nitrogen and oxygen atoms in total. The number of rotatable bonds is 9. The van der Waals surface area contributed by atoms with Gasteiger partial charge in [0, 0.05) is 17.5 Å². The number of halogens is 2. The second-order valence-electron chi connectivity index (χ2n) is 9.41. The summed E-state index contributed by atoms with van der Waals surface area (Å²) in [5.41, 5.74) is 2.17. The number of ether oxygens (including phenoxy) is 2. The topological polar surface area (TPSA) is 127 Å². The minimum Gasteiger partial charge on any atom is -0.496 e. The molecular formula is C32H21Cl2N3O6S. The molecule has 220 valence electrons. The van der Waals surface area contributed by atoms with Crippen LogP contribution in [0.3, 0.4) is 0 Å². The predicted molar refractivity (Wildman–Crippen MR) is 165 cm³/mol. The molecule has 1 aliphatic rings. The number of methoxy groups -OCH3 is 1. The van der Waals surface area contributed by atoms with E-state index in [-0.39, 0.29) is 33.8 Å². The van der Waals surface area contributed by atoms with Crippen LogP contribution in [0.25, 0.3) is 11.3 Å². The van der Waals surface area contributed by atoms with E-state index in [1.54, 1.807) is 25.3 Å². The highest BCUT2D eigenvalue weighted by Crippen LogP contribution is 2.37. The number of hydrogen-bond donors (Lipinski definition) is 0. The van der Waals surface area contributed by atoms with Gasteiger partial charge in [0.15, 0.2) is 12.4 Å². The van der Waals surface area contributed by atoms with Crippen LogP contribution in [0.15, 0.2) is 83.9 Å². The number of imide groups is 1. The molecule has 0 bridgehead atoms. The number of esters is 1. The molecule has 12 heteroatoms. The first kappa shape index (κ1) is 30.8. The quantitative estimate of drug-likeness (QED) is 0.115. The summed E-state index contributed by atoms with van der Waals surface area (Å²) in [6.45, 7) is -0.516. The summed E-state index contributed by atoms with van der Waals surface area (Å²) in [5, 5.41) is 9.66. The lowest BCUT2D eigenvalue weighted by Crippen LogP contribution is -2.31. The van der Waals surface area contributed by atoms with E-state index < -0.39 is 35.4 Å². The average Bonchev–Trinajstić information content (AvgIpc) is 3.32. The van der Waals surface area contributed by atoms with Gasteiger partial charge < -0.3 is 9.47 Å². The number of pyridine rings is 1. The van der Waals surface area contributed by atoms with Crippen LogP contribution < -0.4 is 9.64 Å². The highest BCUT2D eigenvalue weighted by molar-refractivity contribution is 8.00. The summed E-state index contributed by atoms with van der Waals surface area (Å²) in [6.07, 6.45) is -0.102. The van der Waals surface area contributed by atoms with Crippen molar-refractivity contribution in [3.8, 4) is 23.1 Å². The molecule has 1 aliphatic heterocycles. The molecule has 3 aromatic carbocycles. The summed E-state index contributed by atoms with van der Waals surface area (Å²) in [6, 6.07) is 22.7. The molecule has 2 heterocycles. The van der Waals surface area contributed by atoms with Crippen LogP contribution >= 0.6 is 35.0 Å². The molecule has 5 rings (SSSR count). The van der Waals surface area contributed by atoms with Gasteiger partial charge in [0.1, 0.15) is 16.8 Å². The van der Waals surface area contributed by atoms with Crippen molar-refractivity contribution in [2.24, 2.45) is 0 Å². The minimum absolute atomic E-state index is 0.102. The maximum absolute atomic E-state index is 13.4. The number of amides is 2. The summed E-state index contributed by atoms with van der Waals surface area (Å²) < 4.78 is 10.6. The number of nitrogens with zero attached hydrogens (tertiary/aromatic N) is 3. The number of carbonyl (C=O) groups is 4. The van der Waals surface area contributed by atoms with E-state index in [2.05, 4.69) is 11.1 Å². The lowest BCUT2D eigenvalue weighted by atomic mass is 10.1. The van der Waals surface area contributed by atoms with Gasteiger partial charge in [0.25, 0.3) is 0 Å². The van der Waals surface area contributed by atoms with Gasteiger partial charge in [-0.25, -0.2) is 14.7 Å². The van der Waals surface area contributed by atoms with E-state index in [1.807, 2.05) is 18.2 Å². The van der Waals surface area contributed by atoms with E-state index in [1.165, 1.54) is 42.5 Å². The lowest BCUT2D eigenvalue weighted by Gasteiger charge is -2.16. The molecule has 0 radical (unpaired) electrons. The van der Waals surface area contributed by atoms with E-state index in [9.17, 15) is 24.4 Å². The maximum Gasteiger partial charge on any atom is 0.338 e. The fourth-order valence-electron chi connectivity index (χ4n) is 4.44. The van der Waals surface area contributed by atoms with E-state index in [0.29, 0.717) is 27.1 Å². The third-order valence-electron chi connectivity index (χ3n) is 6.66. The van der Waals surface area contributed by atoms with Crippen LogP contribution in [0.5, 0.6) is 5.75 Å². The SMILES string of the molecule is COc1ccccc1-c1ccc(C#N)c(SC2CC(=O)N(c3ccc(C(=O)OCC(=O)c4ccc(Cl)c(Cl)c4)cc3)C2=O)n1. The van der Waals surface area contributed by atoms with Crippen molar-refractivity contribution >= 4 is 64.2 Å². The Morgan fingerprint density at radius 3 is 2.43 bits per heavy atom. The second-order valence-corrected chi connectivity index (χ2v) is 11.4. The number of nitriles is 1. The molecule has 1 fully saturated rings. The van der Waals surface area contributed by atoms with Gasteiger partial charge in [-0.15, -0.1) is 0 Å². The number of Topliss-reactive ketones (excluding diaryl/α,β-unsaturated/α-hetero) is 1. The summed E-state index contributed by atoms with van der Waals surface area (Å²) in [7, 11) is 1.55. The van der Waals surface area contributed by atoms with Crippen molar-refractivity contribution in [3.05, 3.63) is 106 Å². The Labute approximate surface area is 266 Å². The van der Waals surface area contributed by atoms with Crippen LogP contribution in [0.4, 0.5) is 5.69 Å². The van der Waals surface area contributed by atoms with Crippen molar-refractivity contribution in [2.45, 2.75) is 16.7 Å². The third kappa shape index (κ3) is 6.45. The number of carbonyl (C=O) groups excluding carboxylic acids is 4. The normalized spacial score (nSPS) is 14.3. The molecule has 1 atom stereocenters. The van der Waals surface area contributed by atoms with E-state index in [0.717, 1.165) is 16.7 Å². The standard InChI is InChI=1S/C32H21Cl2N3O6S/c1-42-27-5-3-2-4-22(27)25-13-9-20(16-35)30(36-25)44-28-15-29(39)37(31(28)40)21-10-6-18(7-11-21)32(41)43-17-26(38)19-8-12-23(33)24(34)14-19/h2-14,28H,15,17H2,1H3. The first-order valence-electron chi connectivity index (χ1n) is 13.0. The van der Waals surface area contributed by atoms with Crippen LogP contribution in [0, 0.1) is 11.3 Å². The number of hydrogen-bond acceptors (Lipinski definition) is 9. The van der Waals surface area contributed by atoms with Crippen LogP contribution in [-0.4, -0.2) is 47.5 Å². The summed E-state index contributed by atoms with van der Waals surface area (Å²) >= 11 is 12.9. The fourth-order valence-corrected chi connectivity index (χ4v) is 5.83. The van der Waals surface area contributed by atoms with Crippen LogP contribution in [-0.2, 0) is 14.3 Å². The van der Waals surface area contributed by atoms with Crippen molar-refractivity contribution in [2.75, 3.05) is 18.6 Å². The second kappa shape index (κ2) is 13.3. The van der Waals surface area contributed by atoms with Gasteiger partial charge in [-0.2, -0.15) is 5.26 Å². The molecule has 1 unspecified atom stereocenters. The summed E-state index contributed by atoms with van der Waals surface area (Å²) in [4.78, 5) is 56.9. The zero-order valence-electron chi connectivity index (χ0n) is 23.0.